The fraction of sp³-hybridized carbons (Fsp3) is 0. The topological polar surface area (TPSA) is 69.6 Å². The van der Waals surface area contributed by atoms with Crippen LogP contribution >= 0.6 is 23.2 Å². The molecule has 0 radical (unpaired) electrons. The van der Waals surface area contributed by atoms with Crippen LogP contribution in [-0.4, -0.2) is 20.2 Å². The second-order valence-electron chi connectivity index (χ2n) is 4.23. The van der Waals surface area contributed by atoms with Crippen molar-refractivity contribution < 1.29 is 4.39 Å². The highest BCUT2D eigenvalue weighted by Gasteiger charge is 2.17. The molecule has 8 heteroatoms. The third-order valence-corrected chi connectivity index (χ3v) is 3.47. The highest BCUT2D eigenvalue weighted by molar-refractivity contribution is 6.33. The van der Waals surface area contributed by atoms with E-state index < -0.39 is 5.82 Å². The predicted molar refractivity (Wildman–Crippen MR) is 79.0 cm³/mol. The summed E-state index contributed by atoms with van der Waals surface area (Å²) in [6, 6.07) is 9.48. The van der Waals surface area contributed by atoms with Crippen LogP contribution in [0.4, 0.5) is 10.1 Å². The number of aromatic nitrogens is 4. The molecule has 0 bridgehead atoms. The summed E-state index contributed by atoms with van der Waals surface area (Å²) in [6.45, 7) is 0. The summed E-state index contributed by atoms with van der Waals surface area (Å²) in [5.74, 6) is -0.319. The molecule has 0 aliphatic carbocycles. The summed E-state index contributed by atoms with van der Waals surface area (Å²) in [7, 11) is 0. The number of tetrazole rings is 1. The maximum Gasteiger partial charge on any atom is 0.188 e. The van der Waals surface area contributed by atoms with Crippen LogP contribution in [0.2, 0.25) is 10.0 Å². The van der Waals surface area contributed by atoms with E-state index in [-0.39, 0.29) is 10.7 Å². The van der Waals surface area contributed by atoms with Gasteiger partial charge in [-0.1, -0.05) is 29.3 Å². The van der Waals surface area contributed by atoms with E-state index in [1.54, 1.807) is 24.3 Å². The van der Waals surface area contributed by atoms with Crippen molar-refractivity contribution in [2.45, 2.75) is 0 Å². The van der Waals surface area contributed by atoms with Crippen LogP contribution in [0.1, 0.15) is 0 Å². The molecule has 0 spiro atoms. The minimum atomic E-state index is -0.612. The Hall–Kier alpha value is -2.18. The third-order valence-electron chi connectivity index (χ3n) is 2.86. The Bertz CT molecular complexity index is 818. The van der Waals surface area contributed by atoms with Gasteiger partial charge in [0.05, 0.1) is 10.0 Å². The van der Waals surface area contributed by atoms with E-state index >= 15 is 0 Å². The van der Waals surface area contributed by atoms with Crippen molar-refractivity contribution in [1.29, 1.82) is 0 Å². The molecular formula is C13H8Cl2FN5. The molecule has 0 amide bonds. The van der Waals surface area contributed by atoms with Gasteiger partial charge in [0.15, 0.2) is 11.6 Å². The van der Waals surface area contributed by atoms with E-state index in [4.69, 9.17) is 28.9 Å². The predicted octanol–water partition coefficient (Wildman–Crippen LogP) is 3.36. The summed E-state index contributed by atoms with van der Waals surface area (Å²) in [6.07, 6.45) is 0. The zero-order chi connectivity index (χ0) is 15.0. The fourth-order valence-electron chi connectivity index (χ4n) is 1.89. The number of rotatable bonds is 2. The molecular weight excluding hydrogens is 316 g/mol. The van der Waals surface area contributed by atoms with Gasteiger partial charge in [-0.05, 0) is 40.8 Å². The van der Waals surface area contributed by atoms with Crippen molar-refractivity contribution in [3.8, 4) is 17.1 Å². The van der Waals surface area contributed by atoms with E-state index in [1.807, 2.05) is 0 Å². The SMILES string of the molecule is Nc1ccc(-c2nnnn2-c2cccc(Cl)c2F)c(Cl)c1. The zero-order valence-electron chi connectivity index (χ0n) is 10.5. The molecule has 3 rings (SSSR count). The number of halogens is 3. The summed E-state index contributed by atoms with van der Waals surface area (Å²) >= 11 is 11.9. The van der Waals surface area contributed by atoms with Crippen molar-refractivity contribution >= 4 is 28.9 Å². The summed E-state index contributed by atoms with van der Waals surface area (Å²) in [5, 5.41) is 11.6. The van der Waals surface area contributed by atoms with Gasteiger partial charge in [-0.2, -0.15) is 4.68 Å². The number of hydrogen-bond donors (Lipinski definition) is 1. The van der Waals surface area contributed by atoms with Gasteiger partial charge in [-0.15, -0.1) is 5.10 Å². The van der Waals surface area contributed by atoms with E-state index in [9.17, 15) is 4.39 Å². The minimum absolute atomic E-state index is 0.0163. The first-order chi connectivity index (χ1) is 10.1. The van der Waals surface area contributed by atoms with Crippen LogP contribution in [0.5, 0.6) is 0 Å². The molecule has 0 atom stereocenters. The molecule has 2 N–H and O–H groups in total. The zero-order valence-corrected chi connectivity index (χ0v) is 12.0. The van der Waals surface area contributed by atoms with Gasteiger partial charge in [0.1, 0.15) is 5.69 Å². The van der Waals surface area contributed by atoms with Crippen molar-refractivity contribution in [3.05, 3.63) is 52.3 Å². The van der Waals surface area contributed by atoms with E-state index in [0.29, 0.717) is 22.1 Å². The van der Waals surface area contributed by atoms with Gasteiger partial charge in [0.2, 0.25) is 0 Å². The third kappa shape index (κ3) is 2.43. The number of nitrogen functional groups attached to an aromatic ring is 1. The average Bonchev–Trinajstić information content (AvgIpc) is 2.91. The average molecular weight is 324 g/mol. The van der Waals surface area contributed by atoms with Gasteiger partial charge in [0, 0.05) is 11.3 Å². The number of benzene rings is 2. The Morgan fingerprint density at radius 1 is 1.10 bits per heavy atom. The molecule has 21 heavy (non-hydrogen) atoms. The van der Waals surface area contributed by atoms with E-state index in [1.165, 1.54) is 16.8 Å². The molecule has 1 aromatic heterocycles. The molecule has 5 nitrogen and oxygen atoms in total. The Morgan fingerprint density at radius 2 is 1.90 bits per heavy atom. The highest BCUT2D eigenvalue weighted by Crippen LogP contribution is 2.30. The standard InChI is InChI=1S/C13H8Cl2FN5/c14-9-2-1-3-11(12(9)16)21-13(18-19-20-21)8-5-4-7(17)6-10(8)15/h1-6H,17H2. The lowest BCUT2D eigenvalue weighted by Gasteiger charge is -2.08. The lowest BCUT2D eigenvalue weighted by Crippen LogP contribution is -2.03. The van der Waals surface area contributed by atoms with Crippen LogP contribution in [-0.2, 0) is 0 Å². The van der Waals surface area contributed by atoms with Crippen LogP contribution in [0.15, 0.2) is 36.4 Å². The molecule has 2 aromatic carbocycles. The van der Waals surface area contributed by atoms with Gasteiger partial charge < -0.3 is 5.73 Å². The molecule has 0 saturated heterocycles. The van der Waals surface area contributed by atoms with E-state index in [2.05, 4.69) is 15.5 Å². The van der Waals surface area contributed by atoms with Crippen molar-refractivity contribution in [2.75, 3.05) is 5.73 Å². The summed E-state index contributed by atoms with van der Waals surface area (Å²) < 4.78 is 15.4. The van der Waals surface area contributed by atoms with Gasteiger partial charge in [-0.25, -0.2) is 4.39 Å². The Balaban J connectivity index is 2.20. The molecule has 3 aromatic rings. The molecule has 106 valence electrons. The molecule has 0 unspecified atom stereocenters. The highest BCUT2D eigenvalue weighted by atomic mass is 35.5. The first kappa shape index (κ1) is 13.8. The Morgan fingerprint density at radius 3 is 2.67 bits per heavy atom. The van der Waals surface area contributed by atoms with E-state index in [0.717, 1.165) is 0 Å². The lowest BCUT2D eigenvalue weighted by molar-refractivity contribution is 0.608. The van der Waals surface area contributed by atoms with Crippen LogP contribution in [0.3, 0.4) is 0 Å². The Kier molecular flexibility index (Phi) is 3.48. The smallest absolute Gasteiger partial charge is 0.188 e. The van der Waals surface area contributed by atoms with Crippen LogP contribution in [0, 0.1) is 5.82 Å². The molecule has 0 aliphatic rings. The van der Waals surface area contributed by atoms with Gasteiger partial charge in [-0.3, -0.25) is 0 Å². The maximum atomic E-state index is 14.1. The normalized spacial score (nSPS) is 10.8. The van der Waals surface area contributed by atoms with Crippen molar-refractivity contribution in [1.82, 2.24) is 20.2 Å². The fourth-order valence-corrected chi connectivity index (χ4v) is 2.33. The number of anilines is 1. The van der Waals surface area contributed by atoms with Gasteiger partial charge >= 0.3 is 0 Å². The van der Waals surface area contributed by atoms with Crippen LogP contribution < -0.4 is 5.73 Å². The molecule has 1 heterocycles. The van der Waals surface area contributed by atoms with Crippen molar-refractivity contribution in [2.24, 2.45) is 0 Å². The monoisotopic (exact) mass is 323 g/mol. The quantitative estimate of drug-likeness (QED) is 0.734. The molecule has 0 aliphatic heterocycles. The Labute approximate surface area is 129 Å². The summed E-state index contributed by atoms with van der Waals surface area (Å²) in [5.41, 5.74) is 6.84. The molecule has 0 saturated carbocycles. The number of nitrogens with two attached hydrogens (primary N) is 1. The minimum Gasteiger partial charge on any atom is -0.399 e. The first-order valence-corrected chi connectivity index (χ1v) is 6.61. The van der Waals surface area contributed by atoms with Crippen molar-refractivity contribution in [3.63, 3.8) is 0 Å². The largest absolute Gasteiger partial charge is 0.399 e. The lowest BCUT2D eigenvalue weighted by atomic mass is 10.2. The second-order valence-corrected chi connectivity index (χ2v) is 5.04. The molecule has 0 fully saturated rings. The van der Waals surface area contributed by atoms with Crippen LogP contribution in [0.25, 0.3) is 17.1 Å². The maximum absolute atomic E-state index is 14.1. The number of hydrogen-bond acceptors (Lipinski definition) is 4. The first-order valence-electron chi connectivity index (χ1n) is 5.86. The number of nitrogens with zero attached hydrogens (tertiary/aromatic N) is 4. The van der Waals surface area contributed by atoms with Gasteiger partial charge in [0.25, 0.3) is 0 Å². The second kappa shape index (κ2) is 5.31. The summed E-state index contributed by atoms with van der Waals surface area (Å²) in [4.78, 5) is 0.